The monoisotopic (exact) mass is 523 g/mol. The Hall–Kier alpha value is -3.46. The number of ether oxygens (including phenoxy) is 6. The van der Waals surface area contributed by atoms with Crippen LogP contribution in [0.2, 0.25) is 0 Å². The maximum absolute atomic E-state index is 12.8. The van der Waals surface area contributed by atoms with Gasteiger partial charge in [0, 0.05) is 18.1 Å². The minimum Gasteiger partial charge on any atom is -0.493 e. The van der Waals surface area contributed by atoms with Crippen LogP contribution in [-0.4, -0.2) is 58.4 Å². The molecule has 0 N–H and O–H groups in total. The van der Waals surface area contributed by atoms with Crippen molar-refractivity contribution in [2.24, 2.45) is 0 Å². The van der Waals surface area contributed by atoms with E-state index in [2.05, 4.69) is 4.98 Å². The summed E-state index contributed by atoms with van der Waals surface area (Å²) < 4.78 is 32.0. The summed E-state index contributed by atoms with van der Waals surface area (Å²) >= 11 is 0. The van der Waals surface area contributed by atoms with Crippen LogP contribution in [0.3, 0.4) is 0 Å². The van der Waals surface area contributed by atoms with Crippen molar-refractivity contribution in [3.8, 4) is 28.7 Å². The van der Waals surface area contributed by atoms with Crippen LogP contribution in [0, 0.1) is 0 Å². The lowest BCUT2D eigenvalue weighted by Crippen LogP contribution is -2.04. The van der Waals surface area contributed by atoms with Crippen molar-refractivity contribution in [2.45, 2.75) is 32.6 Å². The van der Waals surface area contributed by atoms with Crippen molar-refractivity contribution < 1.29 is 38.0 Å². The van der Waals surface area contributed by atoms with E-state index in [1.807, 2.05) is 0 Å². The molecule has 0 radical (unpaired) electrons. The van der Waals surface area contributed by atoms with E-state index in [1.54, 1.807) is 37.4 Å². The molecule has 1 aromatic carbocycles. The molecule has 36 heavy (non-hydrogen) atoms. The van der Waals surface area contributed by atoms with Gasteiger partial charge in [0.05, 0.1) is 53.5 Å². The minimum absolute atomic E-state index is 0. The number of carbonyl (C=O) groups excluding carboxylic acids is 2. The number of methoxy groups -OCH3 is 4. The van der Waals surface area contributed by atoms with Crippen molar-refractivity contribution >= 4 is 30.2 Å². The summed E-state index contributed by atoms with van der Waals surface area (Å²) in [6.07, 6.45) is 7.30. The zero-order valence-corrected chi connectivity index (χ0v) is 22.1. The zero-order chi connectivity index (χ0) is 25.6. The molecule has 0 aliphatic carbocycles. The SMILES string of the molecule is CCOC(=O)CCCCCOc1cc(C=CC(=O)c2cc(OC)c(OC)c(OC)c2)ncc1OC.Cl. The van der Waals surface area contributed by atoms with E-state index in [-0.39, 0.29) is 24.2 Å². The van der Waals surface area contributed by atoms with Gasteiger partial charge < -0.3 is 28.4 Å². The van der Waals surface area contributed by atoms with Crippen molar-refractivity contribution in [3.63, 3.8) is 0 Å². The molecule has 0 unspecified atom stereocenters. The molecule has 1 aromatic heterocycles. The van der Waals surface area contributed by atoms with Gasteiger partial charge in [-0.1, -0.05) is 0 Å². The lowest BCUT2D eigenvalue weighted by Gasteiger charge is -2.13. The molecular formula is C26H34ClNO8. The lowest BCUT2D eigenvalue weighted by atomic mass is 10.1. The average molecular weight is 524 g/mol. The fourth-order valence-electron chi connectivity index (χ4n) is 3.24. The predicted molar refractivity (Wildman–Crippen MR) is 138 cm³/mol. The average Bonchev–Trinajstić information content (AvgIpc) is 2.88. The largest absolute Gasteiger partial charge is 0.493 e. The maximum Gasteiger partial charge on any atom is 0.305 e. The molecule has 1 heterocycles. The highest BCUT2D eigenvalue weighted by Crippen LogP contribution is 2.38. The number of benzene rings is 1. The van der Waals surface area contributed by atoms with Crippen LogP contribution in [0.4, 0.5) is 0 Å². The normalized spacial score (nSPS) is 10.4. The number of rotatable bonds is 15. The molecule has 0 saturated carbocycles. The third-order valence-corrected chi connectivity index (χ3v) is 5.02. The summed E-state index contributed by atoms with van der Waals surface area (Å²) in [4.78, 5) is 28.5. The Morgan fingerprint density at radius 1 is 0.861 bits per heavy atom. The number of pyridine rings is 1. The van der Waals surface area contributed by atoms with Crippen molar-refractivity contribution in [3.05, 3.63) is 41.7 Å². The van der Waals surface area contributed by atoms with Crippen LogP contribution in [0.25, 0.3) is 6.08 Å². The number of ketones is 1. The van der Waals surface area contributed by atoms with Crippen molar-refractivity contribution in [1.82, 2.24) is 4.98 Å². The first-order valence-corrected chi connectivity index (χ1v) is 11.3. The van der Waals surface area contributed by atoms with Crippen LogP contribution >= 0.6 is 12.4 Å². The van der Waals surface area contributed by atoms with Gasteiger partial charge in [0.1, 0.15) is 0 Å². The first-order chi connectivity index (χ1) is 17.0. The predicted octanol–water partition coefficient (Wildman–Crippen LogP) is 4.94. The number of aromatic nitrogens is 1. The number of hydrogen-bond donors (Lipinski definition) is 0. The summed E-state index contributed by atoms with van der Waals surface area (Å²) in [6, 6.07) is 4.88. The number of halogens is 1. The zero-order valence-electron chi connectivity index (χ0n) is 21.3. The van der Waals surface area contributed by atoms with E-state index in [0.29, 0.717) is 59.6 Å². The Balaban J connectivity index is 0.00000648. The molecule has 0 amide bonds. The summed E-state index contributed by atoms with van der Waals surface area (Å²) in [5, 5.41) is 0. The second kappa shape index (κ2) is 16.3. The molecule has 0 spiro atoms. The van der Waals surface area contributed by atoms with E-state index < -0.39 is 0 Å². The van der Waals surface area contributed by atoms with Gasteiger partial charge in [-0.15, -0.1) is 12.4 Å². The number of carbonyl (C=O) groups is 2. The van der Waals surface area contributed by atoms with E-state index in [1.165, 1.54) is 34.5 Å². The van der Waals surface area contributed by atoms with Crippen LogP contribution in [0.5, 0.6) is 28.7 Å². The second-order valence-corrected chi connectivity index (χ2v) is 7.34. The molecule has 0 saturated heterocycles. The smallest absolute Gasteiger partial charge is 0.305 e. The summed E-state index contributed by atoms with van der Waals surface area (Å²) in [5.74, 6) is 1.77. The van der Waals surface area contributed by atoms with Crippen molar-refractivity contribution in [1.29, 1.82) is 0 Å². The first-order valence-electron chi connectivity index (χ1n) is 11.3. The molecule has 9 nitrogen and oxygen atoms in total. The third-order valence-electron chi connectivity index (χ3n) is 5.02. The topological polar surface area (TPSA) is 102 Å². The quantitative estimate of drug-likeness (QED) is 0.139. The molecule has 2 aromatic rings. The molecule has 2 rings (SSSR count). The highest BCUT2D eigenvalue weighted by molar-refractivity contribution is 6.07. The van der Waals surface area contributed by atoms with Gasteiger partial charge in [0.15, 0.2) is 28.8 Å². The maximum atomic E-state index is 12.8. The number of nitrogens with zero attached hydrogens (tertiary/aromatic N) is 1. The van der Waals surface area contributed by atoms with Gasteiger partial charge in [-0.25, -0.2) is 0 Å². The molecule has 0 aliphatic rings. The molecule has 0 fully saturated rings. The number of allylic oxidation sites excluding steroid dienone is 1. The van der Waals surface area contributed by atoms with Crippen LogP contribution in [0.15, 0.2) is 30.5 Å². The molecule has 0 aliphatic heterocycles. The Kier molecular flexibility index (Phi) is 13.8. The highest BCUT2D eigenvalue weighted by atomic mass is 35.5. The Labute approximate surface area is 218 Å². The number of hydrogen-bond acceptors (Lipinski definition) is 9. The Bertz CT molecular complexity index is 1000. The summed E-state index contributed by atoms with van der Waals surface area (Å²) in [7, 11) is 6.02. The summed E-state index contributed by atoms with van der Waals surface area (Å²) in [6.45, 7) is 2.64. The van der Waals surface area contributed by atoms with E-state index >= 15 is 0 Å². The molecular weight excluding hydrogens is 490 g/mol. The van der Waals surface area contributed by atoms with Gasteiger partial charge in [-0.05, 0) is 50.5 Å². The van der Waals surface area contributed by atoms with Crippen LogP contribution in [0.1, 0.15) is 48.7 Å². The van der Waals surface area contributed by atoms with Gasteiger partial charge in [0.2, 0.25) is 5.75 Å². The minimum atomic E-state index is -0.258. The highest BCUT2D eigenvalue weighted by Gasteiger charge is 2.16. The van der Waals surface area contributed by atoms with Gasteiger partial charge in [-0.3, -0.25) is 14.6 Å². The fraction of sp³-hybridized carbons (Fsp3) is 0.423. The first kappa shape index (κ1) is 30.6. The van der Waals surface area contributed by atoms with E-state index in [0.717, 1.165) is 19.3 Å². The molecule has 0 atom stereocenters. The van der Waals surface area contributed by atoms with Gasteiger partial charge in [-0.2, -0.15) is 0 Å². The van der Waals surface area contributed by atoms with Gasteiger partial charge in [0.25, 0.3) is 0 Å². The number of esters is 1. The molecule has 198 valence electrons. The van der Waals surface area contributed by atoms with E-state index in [4.69, 9.17) is 28.4 Å². The fourth-order valence-corrected chi connectivity index (χ4v) is 3.24. The number of unbranched alkanes of at least 4 members (excludes halogenated alkanes) is 2. The Morgan fingerprint density at radius 3 is 2.11 bits per heavy atom. The molecule has 10 heteroatoms. The standard InChI is InChI=1S/C26H33NO8.ClH/c1-6-34-25(29)10-8-7-9-13-35-21-16-19(27-17-24(21)32-4)11-12-20(28)18-14-22(30-2)26(33-5)23(15-18)31-3;/h11-12,14-17H,6-10,13H2,1-5H3;1H. The van der Waals surface area contributed by atoms with Crippen molar-refractivity contribution in [2.75, 3.05) is 41.7 Å². The van der Waals surface area contributed by atoms with Crippen LogP contribution in [-0.2, 0) is 9.53 Å². The lowest BCUT2D eigenvalue weighted by molar-refractivity contribution is -0.143. The van der Waals surface area contributed by atoms with E-state index in [9.17, 15) is 9.59 Å². The second-order valence-electron chi connectivity index (χ2n) is 7.34. The Morgan fingerprint density at radius 2 is 1.53 bits per heavy atom. The summed E-state index contributed by atoms with van der Waals surface area (Å²) in [5.41, 5.74) is 0.910. The molecule has 0 bridgehead atoms. The van der Waals surface area contributed by atoms with Crippen LogP contribution < -0.4 is 23.7 Å². The van der Waals surface area contributed by atoms with Gasteiger partial charge >= 0.3 is 5.97 Å². The third kappa shape index (κ3) is 8.96.